The van der Waals surface area contributed by atoms with E-state index in [0.29, 0.717) is 0 Å². The lowest BCUT2D eigenvalue weighted by Gasteiger charge is -2.08. The molecule has 0 bridgehead atoms. The van der Waals surface area contributed by atoms with Crippen LogP contribution in [0.4, 0.5) is 0 Å². The molecule has 1 nitrogen and oxygen atoms in total. The lowest BCUT2D eigenvalue weighted by Crippen LogP contribution is -1.93. The van der Waals surface area contributed by atoms with Gasteiger partial charge in [-0.05, 0) is 72.0 Å². The monoisotopic (exact) mass is 423 g/mol. The van der Waals surface area contributed by atoms with Crippen LogP contribution in [-0.4, -0.2) is 4.57 Å². The van der Waals surface area contributed by atoms with Crippen LogP contribution in [0.25, 0.3) is 38.6 Å². The molecule has 0 N–H and O–H groups in total. The Morgan fingerprint density at radius 1 is 0.515 bits per heavy atom. The van der Waals surface area contributed by atoms with Crippen LogP contribution in [0.3, 0.4) is 0 Å². The smallest absolute Gasteiger partial charge is 0.0541 e. The molecular formula is C32H25N. The third-order valence-electron chi connectivity index (χ3n) is 6.47. The van der Waals surface area contributed by atoms with Crippen LogP contribution in [-0.2, 0) is 6.42 Å². The van der Waals surface area contributed by atoms with Gasteiger partial charge in [0.1, 0.15) is 0 Å². The van der Waals surface area contributed by atoms with Crippen molar-refractivity contribution >= 4 is 21.8 Å². The second-order valence-corrected chi connectivity index (χ2v) is 8.78. The minimum atomic E-state index is 0.962. The fourth-order valence-electron chi connectivity index (χ4n) is 4.82. The molecule has 0 fully saturated rings. The largest absolute Gasteiger partial charge is 0.309 e. The summed E-state index contributed by atoms with van der Waals surface area (Å²) < 4.78 is 2.37. The SMILES string of the molecule is Cc1ccc2c(c1)c1cc(-c3ccc(Cc4ccccc4)cc3)ccc1n2-c1ccccc1. The number of nitrogens with zero attached hydrogens (tertiary/aromatic N) is 1. The van der Waals surface area contributed by atoms with Gasteiger partial charge in [0.25, 0.3) is 0 Å². The normalized spacial score (nSPS) is 11.3. The van der Waals surface area contributed by atoms with Gasteiger partial charge in [-0.15, -0.1) is 0 Å². The maximum atomic E-state index is 2.37. The Kier molecular flexibility index (Phi) is 4.81. The minimum absolute atomic E-state index is 0.962. The van der Waals surface area contributed by atoms with Crippen LogP contribution in [0.1, 0.15) is 16.7 Å². The van der Waals surface area contributed by atoms with Crippen molar-refractivity contribution < 1.29 is 0 Å². The number of hydrogen-bond acceptors (Lipinski definition) is 0. The van der Waals surface area contributed by atoms with Crippen molar-refractivity contribution in [3.8, 4) is 16.8 Å². The molecule has 158 valence electrons. The van der Waals surface area contributed by atoms with Gasteiger partial charge >= 0.3 is 0 Å². The summed E-state index contributed by atoms with van der Waals surface area (Å²) in [7, 11) is 0. The average Bonchev–Trinajstić information content (AvgIpc) is 3.18. The summed E-state index contributed by atoms with van der Waals surface area (Å²) >= 11 is 0. The molecule has 0 amide bonds. The molecule has 0 radical (unpaired) electrons. The number of hydrogen-bond donors (Lipinski definition) is 0. The summed E-state index contributed by atoms with van der Waals surface area (Å²) in [5.74, 6) is 0. The van der Waals surface area contributed by atoms with Gasteiger partial charge < -0.3 is 4.57 Å². The second kappa shape index (κ2) is 8.11. The zero-order valence-corrected chi connectivity index (χ0v) is 18.7. The molecule has 0 aliphatic heterocycles. The molecule has 5 aromatic carbocycles. The van der Waals surface area contributed by atoms with Crippen molar-refractivity contribution in [2.45, 2.75) is 13.3 Å². The Morgan fingerprint density at radius 3 is 1.82 bits per heavy atom. The molecule has 0 atom stereocenters. The average molecular weight is 424 g/mol. The predicted molar refractivity (Wildman–Crippen MR) is 140 cm³/mol. The van der Waals surface area contributed by atoms with Gasteiger partial charge in [0.05, 0.1) is 11.0 Å². The van der Waals surface area contributed by atoms with E-state index >= 15 is 0 Å². The molecule has 6 aromatic rings. The molecule has 1 aromatic heterocycles. The highest BCUT2D eigenvalue weighted by Gasteiger charge is 2.13. The van der Waals surface area contributed by atoms with Crippen LogP contribution in [0.5, 0.6) is 0 Å². The Balaban J connectivity index is 1.45. The molecule has 1 heterocycles. The van der Waals surface area contributed by atoms with Crippen LogP contribution >= 0.6 is 0 Å². The molecule has 0 unspecified atom stereocenters. The summed E-state index contributed by atoms with van der Waals surface area (Å²) in [6, 6.07) is 43.9. The summed E-state index contributed by atoms with van der Waals surface area (Å²) in [6.45, 7) is 2.17. The van der Waals surface area contributed by atoms with E-state index in [0.717, 1.165) is 6.42 Å². The van der Waals surface area contributed by atoms with Crippen molar-refractivity contribution in [3.05, 3.63) is 138 Å². The Labute approximate surface area is 194 Å². The zero-order valence-electron chi connectivity index (χ0n) is 18.7. The quantitative estimate of drug-likeness (QED) is 0.268. The van der Waals surface area contributed by atoms with E-state index in [9.17, 15) is 0 Å². The first-order valence-corrected chi connectivity index (χ1v) is 11.5. The highest BCUT2D eigenvalue weighted by molar-refractivity contribution is 6.10. The Hall–Kier alpha value is -4.10. The van der Waals surface area contributed by atoms with Gasteiger partial charge in [0, 0.05) is 16.5 Å². The van der Waals surface area contributed by atoms with Crippen LogP contribution < -0.4 is 0 Å². The van der Waals surface area contributed by atoms with Crippen LogP contribution in [0.15, 0.2) is 121 Å². The molecule has 0 saturated carbocycles. The first-order valence-electron chi connectivity index (χ1n) is 11.5. The highest BCUT2D eigenvalue weighted by Crippen LogP contribution is 2.35. The molecule has 33 heavy (non-hydrogen) atoms. The Morgan fingerprint density at radius 2 is 1.09 bits per heavy atom. The summed E-state index contributed by atoms with van der Waals surface area (Å²) in [6.07, 6.45) is 0.962. The number of rotatable bonds is 4. The standard InChI is InChI=1S/C32H25N/c1-23-12-18-31-29(20-23)30-22-27(17-19-32(30)33(31)28-10-6-3-7-11-28)26-15-13-25(14-16-26)21-24-8-4-2-5-9-24/h2-20,22H,21H2,1H3. The van der Waals surface area contributed by atoms with E-state index in [1.807, 2.05) is 0 Å². The second-order valence-electron chi connectivity index (χ2n) is 8.78. The Bertz CT molecular complexity index is 1560. The van der Waals surface area contributed by atoms with E-state index in [1.54, 1.807) is 0 Å². The third kappa shape index (κ3) is 3.62. The zero-order chi connectivity index (χ0) is 22.2. The lowest BCUT2D eigenvalue weighted by atomic mass is 9.99. The van der Waals surface area contributed by atoms with Crippen molar-refractivity contribution in [2.75, 3.05) is 0 Å². The number of aromatic nitrogens is 1. The minimum Gasteiger partial charge on any atom is -0.309 e. The number of para-hydroxylation sites is 1. The number of benzene rings is 5. The third-order valence-corrected chi connectivity index (χ3v) is 6.47. The van der Waals surface area contributed by atoms with Gasteiger partial charge in [0.2, 0.25) is 0 Å². The highest BCUT2D eigenvalue weighted by atomic mass is 15.0. The predicted octanol–water partition coefficient (Wildman–Crippen LogP) is 8.35. The van der Waals surface area contributed by atoms with Gasteiger partial charge in [-0.25, -0.2) is 0 Å². The fourth-order valence-corrected chi connectivity index (χ4v) is 4.82. The summed E-state index contributed by atoms with van der Waals surface area (Å²) in [4.78, 5) is 0. The summed E-state index contributed by atoms with van der Waals surface area (Å²) in [5.41, 5.74) is 10.1. The molecular weight excluding hydrogens is 398 g/mol. The van der Waals surface area contributed by atoms with Crippen LogP contribution in [0.2, 0.25) is 0 Å². The van der Waals surface area contributed by atoms with Crippen molar-refractivity contribution in [1.82, 2.24) is 4.57 Å². The topological polar surface area (TPSA) is 4.93 Å². The molecule has 0 spiro atoms. The summed E-state index contributed by atoms with van der Waals surface area (Å²) in [5, 5.41) is 2.60. The van der Waals surface area contributed by atoms with E-state index in [1.165, 1.54) is 55.3 Å². The van der Waals surface area contributed by atoms with E-state index in [-0.39, 0.29) is 0 Å². The molecule has 0 aliphatic carbocycles. The number of fused-ring (bicyclic) bond motifs is 3. The molecule has 1 heteroatoms. The number of aryl methyl sites for hydroxylation is 1. The first-order chi connectivity index (χ1) is 16.3. The van der Waals surface area contributed by atoms with Gasteiger partial charge in [-0.3, -0.25) is 0 Å². The maximum Gasteiger partial charge on any atom is 0.0541 e. The first kappa shape index (κ1) is 19.6. The fraction of sp³-hybridized carbons (Fsp3) is 0.0625. The van der Waals surface area contributed by atoms with E-state index in [4.69, 9.17) is 0 Å². The molecule has 0 saturated heterocycles. The van der Waals surface area contributed by atoms with Crippen molar-refractivity contribution in [2.24, 2.45) is 0 Å². The van der Waals surface area contributed by atoms with Gasteiger partial charge in [-0.1, -0.05) is 90.5 Å². The lowest BCUT2D eigenvalue weighted by molar-refractivity contribution is 1.18. The maximum absolute atomic E-state index is 2.37. The molecule has 0 aliphatic rings. The van der Waals surface area contributed by atoms with Crippen molar-refractivity contribution in [3.63, 3.8) is 0 Å². The van der Waals surface area contributed by atoms with Crippen LogP contribution in [0, 0.1) is 6.92 Å². The van der Waals surface area contributed by atoms with E-state index in [2.05, 4.69) is 133 Å². The molecule has 6 rings (SSSR count). The van der Waals surface area contributed by atoms with Gasteiger partial charge in [0.15, 0.2) is 0 Å². The van der Waals surface area contributed by atoms with E-state index < -0.39 is 0 Å². The van der Waals surface area contributed by atoms with Gasteiger partial charge in [-0.2, -0.15) is 0 Å². The van der Waals surface area contributed by atoms with Crippen molar-refractivity contribution in [1.29, 1.82) is 0 Å².